The van der Waals surface area contributed by atoms with Crippen molar-refractivity contribution in [2.75, 3.05) is 18.5 Å². The van der Waals surface area contributed by atoms with Gasteiger partial charge in [-0.3, -0.25) is 0 Å². The van der Waals surface area contributed by atoms with Gasteiger partial charge in [0, 0.05) is 16.7 Å². The molecule has 1 aliphatic heterocycles. The Bertz CT molecular complexity index is 340. The molecule has 0 aromatic heterocycles. The van der Waals surface area contributed by atoms with E-state index < -0.39 is 0 Å². The molecule has 1 aromatic rings. The van der Waals surface area contributed by atoms with Crippen LogP contribution in [0.25, 0.3) is 0 Å². The van der Waals surface area contributed by atoms with E-state index in [4.69, 9.17) is 4.74 Å². The lowest BCUT2D eigenvalue weighted by Gasteiger charge is -2.26. The highest BCUT2D eigenvalue weighted by atomic mass is 32.2. The quantitative estimate of drug-likeness (QED) is 0.861. The fourth-order valence-electron chi connectivity index (χ4n) is 1.78. The lowest BCUT2D eigenvalue weighted by molar-refractivity contribution is 0.318. The van der Waals surface area contributed by atoms with Crippen LogP contribution in [-0.4, -0.2) is 18.4 Å². The number of thioether (sulfide) groups is 1. The van der Waals surface area contributed by atoms with Crippen molar-refractivity contribution in [3.8, 4) is 5.75 Å². The summed E-state index contributed by atoms with van der Waals surface area (Å²) in [6, 6.07) is 6.30. The van der Waals surface area contributed by atoms with Crippen molar-refractivity contribution in [1.29, 1.82) is 0 Å². The van der Waals surface area contributed by atoms with Crippen LogP contribution in [-0.2, 0) is 0 Å². The summed E-state index contributed by atoms with van der Waals surface area (Å²) in [6.07, 6.45) is 2.26. The average molecular weight is 237 g/mol. The van der Waals surface area contributed by atoms with Crippen LogP contribution in [0.15, 0.2) is 23.1 Å². The maximum Gasteiger partial charge on any atom is 0.143 e. The molecule has 0 fully saturated rings. The lowest BCUT2D eigenvalue weighted by atomic mass is 10.2. The molecule has 3 heteroatoms. The molecule has 0 amide bonds. The number of nitrogens with one attached hydrogen (secondary N) is 1. The molecule has 1 aromatic carbocycles. The van der Waals surface area contributed by atoms with Crippen molar-refractivity contribution in [2.45, 2.75) is 36.8 Å². The smallest absolute Gasteiger partial charge is 0.143 e. The highest BCUT2D eigenvalue weighted by molar-refractivity contribution is 8.00. The van der Waals surface area contributed by atoms with Crippen LogP contribution in [0.5, 0.6) is 5.75 Å². The van der Waals surface area contributed by atoms with Crippen LogP contribution < -0.4 is 10.1 Å². The van der Waals surface area contributed by atoms with E-state index in [9.17, 15) is 0 Å². The van der Waals surface area contributed by atoms with E-state index in [0.717, 1.165) is 25.3 Å². The molecule has 0 aliphatic carbocycles. The van der Waals surface area contributed by atoms with Crippen LogP contribution in [0, 0.1) is 0 Å². The zero-order valence-corrected chi connectivity index (χ0v) is 10.8. The van der Waals surface area contributed by atoms with E-state index >= 15 is 0 Å². The molecular formula is C13H19NOS. The summed E-state index contributed by atoms with van der Waals surface area (Å²) in [5.74, 6) is 1.00. The van der Waals surface area contributed by atoms with Gasteiger partial charge in [0.25, 0.3) is 0 Å². The molecule has 16 heavy (non-hydrogen) atoms. The minimum absolute atomic E-state index is 0.689. The van der Waals surface area contributed by atoms with Crippen molar-refractivity contribution in [1.82, 2.24) is 0 Å². The molecule has 0 saturated carbocycles. The summed E-state index contributed by atoms with van der Waals surface area (Å²) < 4.78 is 5.75. The first-order valence-electron chi connectivity index (χ1n) is 6.01. The zero-order chi connectivity index (χ0) is 11.4. The van der Waals surface area contributed by atoms with Gasteiger partial charge >= 0.3 is 0 Å². The number of ether oxygens (including phenoxy) is 1. The first-order valence-corrected chi connectivity index (χ1v) is 6.89. The van der Waals surface area contributed by atoms with E-state index in [-0.39, 0.29) is 0 Å². The molecule has 2 nitrogen and oxygen atoms in total. The molecule has 88 valence electrons. The van der Waals surface area contributed by atoms with E-state index in [1.807, 2.05) is 17.8 Å². The maximum absolute atomic E-state index is 5.75. The van der Waals surface area contributed by atoms with E-state index in [2.05, 4.69) is 31.3 Å². The van der Waals surface area contributed by atoms with Gasteiger partial charge in [-0.25, -0.2) is 0 Å². The molecule has 1 unspecified atom stereocenters. The van der Waals surface area contributed by atoms with Gasteiger partial charge in [-0.1, -0.05) is 19.9 Å². The monoisotopic (exact) mass is 237 g/mol. The lowest BCUT2D eigenvalue weighted by Crippen LogP contribution is -2.21. The van der Waals surface area contributed by atoms with E-state index in [1.165, 1.54) is 17.0 Å². The summed E-state index contributed by atoms with van der Waals surface area (Å²) >= 11 is 1.96. The van der Waals surface area contributed by atoms with Crippen LogP contribution in [0.4, 0.5) is 5.69 Å². The van der Waals surface area contributed by atoms with Gasteiger partial charge < -0.3 is 10.1 Å². The minimum Gasteiger partial charge on any atom is -0.491 e. The van der Waals surface area contributed by atoms with Crippen molar-refractivity contribution in [2.24, 2.45) is 0 Å². The highest BCUT2D eigenvalue weighted by Crippen LogP contribution is 2.41. The molecule has 1 atom stereocenters. The molecule has 1 heterocycles. The number of hydrogen-bond acceptors (Lipinski definition) is 3. The van der Waals surface area contributed by atoms with E-state index in [0.29, 0.717) is 5.25 Å². The van der Waals surface area contributed by atoms with Gasteiger partial charge in [0.1, 0.15) is 5.75 Å². The Hall–Kier alpha value is -0.830. The number of fused-ring (bicyclic) bond motifs is 1. The Morgan fingerprint density at radius 2 is 2.31 bits per heavy atom. The van der Waals surface area contributed by atoms with Gasteiger partial charge in [-0.2, -0.15) is 0 Å². The standard InChI is InChI=1S/C13H19NOS/c1-3-8-15-11-6-5-7-12-13(11)14-9-10(4-2)16-12/h5-7,10,14H,3-4,8-9H2,1-2H3. The third-order valence-electron chi connectivity index (χ3n) is 2.71. The maximum atomic E-state index is 5.75. The highest BCUT2D eigenvalue weighted by Gasteiger charge is 2.20. The van der Waals surface area contributed by atoms with Crippen LogP contribution in [0.2, 0.25) is 0 Å². The second-order valence-electron chi connectivity index (χ2n) is 4.01. The molecule has 0 saturated heterocycles. The molecule has 0 radical (unpaired) electrons. The fraction of sp³-hybridized carbons (Fsp3) is 0.538. The Morgan fingerprint density at radius 3 is 3.06 bits per heavy atom. The van der Waals surface area contributed by atoms with Crippen LogP contribution in [0.1, 0.15) is 26.7 Å². The molecule has 0 spiro atoms. The fourth-order valence-corrected chi connectivity index (χ4v) is 2.92. The second kappa shape index (κ2) is 5.48. The summed E-state index contributed by atoms with van der Waals surface area (Å²) in [6.45, 7) is 6.20. The second-order valence-corrected chi connectivity index (χ2v) is 5.35. The number of benzene rings is 1. The number of rotatable bonds is 4. The van der Waals surface area contributed by atoms with Crippen molar-refractivity contribution < 1.29 is 4.74 Å². The summed E-state index contributed by atoms with van der Waals surface area (Å²) in [5, 5.41) is 4.18. The van der Waals surface area contributed by atoms with E-state index in [1.54, 1.807) is 0 Å². The number of hydrogen-bond donors (Lipinski definition) is 1. The largest absolute Gasteiger partial charge is 0.491 e. The first kappa shape index (κ1) is 11.6. The predicted molar refractivity (Wildman–Crippen MR) is 70.7 cm³/mol. The van der Waals surface area contributed by atoms with Gasteiger partial charge in [0.15, 0.2) is 0 Å². The van der Waals surface area contributed by atoms with Gasteiger partial charge in [0.2, 0.25) is 0 Å². The Balaban J connectivity index is 2.17. The minimum atomic E-state index is 0.689. The Labute approximate surface area is 102 Å². The molecule has 1 N–H and O–H groups in total. The number of anilines is 1. The van der Waals surface area contributed by atoms with Crippen molar-refractivity contribution in [3.05, 3.63) is 18.2 Å². The van der Waals surface area contributed by atoms with Crippen LogP contribution >= 0.6 is 11.8 Å². The normalized spacial score (nSPS) is 18.8. The zero-order valence-electron chi connectivity index (χ0n) is 9.95. The summed E-state index contributed by atoms with van der Waals surface area (Å²) in [7, 11) is 0. The third-order valence-corrected chi connectivity index (χ3v) is 4.13. The third kappa shape index (κ3) is 2.46. The number of para-hydroxylation sites is 1. The van der Waals surface area contributed by atoms with Crippen molar-refractivity contribution >= 4 is 17.4 Å². The molecule has 1 aliphatic rings. The Kier molecular flexibility index (Phi) is 3.99. The van der Waals surface area contributed by atoms with Gasteiger partial charge in [0.05, 0.1) is 12.3 Å². The summed E-state index contributed by atoms with van der Waals surface area (Å²) in [4.78, 5) is 1.33. The SMILES string of the molecule is CCCOc1cccc2c1NCC(CC)S2. The van der Waals surface area contributed by atoms with Gasteiger partial charge in [-0.15, -0.1) is 11.8 Å². The van der Waals surface area contributed by atoms with Crippen LogP contribution in [0.3, 0.4) is 0 Å². The first-order chi connectivity index (χ1) is 7.85. The average Bonchev–Trinajstić information content (AvgIpc) is 2.35. The Morgan fingerprint density at radius 1 is 1.44 bits per heavy atom. The predicted octanol–water partition coefficient (Wildman–Crippen LogP) is 3.77. The topological polar surface area (TPSA) is 21.3 Å². The molecular weight excluding hydrogens is 218 g/mol. The van der Waals surface area contributed by atoms with Gasteiger partial charge in [-0.05, 0) is 25.0 Å². The molecule has 0 bridgehead atoms. The summed E-state index contributed by atoms with van der Waals surface area (Å²) in [5.41, 5.74) is 1.19. The van der Waals surface area contributed by atoms with Crippen molar-refractivity contribution in [3.63, 3.8) is 0 Å². The molecule has 2 rings (SSSR count).